The summed E-state index contributed by atoms with van der Waals surface area (Å²) in [5, 5.41) is 18.5. The van der Waals surface area contributed by atoms with Gasteiger partial charge >= 0.3 is 0 Å². The Hall–Kier alpha value is -3.03. The van der Waals surface area contributed by atoms with Crippen LogP contribution in [0, 0.1) is 6.92 Å². The van der Waals surface area contributed by atoms with Crippen LogP contribution in [-0.4, -0.2) is 35.9 Å². The number of nitrogens with one attached hydrogen (secondary N) is 2. The van der Waals surface area contributed by atoms with Crippen molar-refractivity contribution in [2.24, 2.45) is 0 Å². The molecule has 0 aliphatic carbocycles. The highest BCUT2D eigenvalue weighted by molar-refractivity contribution is 5.83. The number of aromatic nitrogens is 6. The molecule has 4 heterocycles. The van der Waals surface area contributed by atoms with E-state index < -0.39 is 0 Å². The van der Waals surface area contributed by atoms with E-state index >= 15 is 0 Å². The second kappa shape index (κ2) is 6.46. The Morgan fingerprint density at radius 2 is 2.20 bits per heavy atom. The normalized spacial score (nSPS) is 16.4. The minimum atomic E-state index is -0.274. The molecule has 8 heteroatoms. The molecule has 3 aromatic heterocycles. The van der Waals surface area contributed by atoms with Crippen LogP contribution in [0.4, 0.5) is 0 Å². The van der Waals surface area contributed by atoms with Crippen LogP contribution in [0.5, 0.6) is 0 Å². The predicted molar refractivity (Wildman–Crippen MR) is 90.4 cm³/mol. The molecule has 128 valence electrons. The highest BCUT2D eigenvalue weighted by atomic mass is 16.1. The van der Waals surface area contributed by atoms with Crippen molar-refractivity contribution in [2.45, 2.75) is 38.8 Å². The standard InChI is InChI=1S/C17H19N7O/c1-11-13(10-20-21-11)9-19-17(25)14-3-2-8-24-15(22-23-16(14)24)12-4-6-18-7-5-12/h4-7,10,14H,2-3,8-9H2,1H3,(H,19,25)(H,20,21). The summed E-state index contributed by atoms with van der Waals surface area (Å²) in [5.74, 6) is 1.24. The smallest absolute Gasteiger partial charge is 0.231 e. The fraction of sp³-hybridized carbons (Fsp3) is 0.353. The zero-order valence-corrected chi connectivity index (χ0v) is 13.9. The van der Waals surface area contributed by atoms with Gasteiger partial charge in [0.15, 0.2) is 5.82 Å². The van der Waals surface area contributed by atoms with Crippen molar-refractivity contribution in [2.75, 3.05) is 0 Å². The van der Waals surface area contributed by atoms with Crippen LogP contribution in [0.25, 0.3) is 11.4 Å². The first kappa shape index (κ1) is 15.5. The molecule has 0 saturated heterocycles. The highest BCUT2D eigenvalue weighted by Gasteiger charge is 2.31. The maximum Gasteiger partial charge on any atom is 0.231 e. The van der Waals surface area contributed by atoms with Crippen molar-refractivity contribution in [3.63, 3.8) is 0 Å². The Morgan fingerprint density at radius 1 is 1.36 bits per heavy atom. The van der Waals surface area contributed by atoms with Crippen LogP contribution in [0.15, 0.2) is 30.7 Å². The zero-order chi connectivity index (χ0) is 17.2. The van der Waals surface area contributed by atoms with Gasteiger partial charge in [0, 0.05) is 42.3 Å². The lowest BCUT2D eigenvalue weighted by atomic mass is 9.97. The number of rotatable bonds is 4. The van der Waals surface area contributed by atoms with E-state index in [2.05, 4.69) is 30.7 Å². The molecule has 1 atom stereocenters. The van der Waals surface area contributed by atoms with Crippen molar-refractivity contribution < 1.29 is 4.79 Å². The molecule has 4 rings (SSSR count). The summed E-state index contributed by atoms with van der Waals surface area (Å²) in [6.07, 6.45) is 6.91. The molecule has 1 amide bonds. The molecular formula is C17H19N7O. The van der Waals surface area contributed by atoms with Crippen molar-refractivity contribution in [1.29, 1.82) is 0 Å². The lowest BCUT2D eigenvalue weighted by molar-refractivity contribution is -0.123. The van der Waals surface area contributed by atoms with Crippen LogP contribution in [0.1, 0.15) is 35.8 Å². The van der Waals surface area contributed by atoms with Crippen molar-refractivity contribution in [3.8, 4) is 11.4 Å². The van der Waals surface area contributed by atoms with Gasteiger partial charge in [-0.1, -0.05) is 0 Å². The molecular weight excluding hydrogens is 318 g/mol. The van der Waals surface area contributed by atoms with E-state index in [-0.39, 0.29) is 11.8 Å². The van der Waals surface area contributed by atoms with Gasteiger partial charge in [0.2, 0.25) is 5.91 Å². The molecule has 0 saturated carbocycles. The second-order valence-electron chi connectivity index (χ2n) is 6.20. The first-order chi connectivity index (χ1) is 12.2. The van der Waals surface area contributed by atoms with E-state index in [9.17, 15) is 4.79 Å². The Balaban J connectivity index is 1.55. The van der Waals surface area contributed by atoms with Gasteiger partial charge in [-0.2, -0.15) is 5.10 Å². The number of amides is 1. The first-order valence-corrected chi connectivity index (χ1v) is 8.34. The van der Waals surface area contributed by atoms with Crippen LogP contribution in [-0.2, 0) is 17.9 Å². The summed E-state index contributed by atoms with van der Waals surface area (Å²) in [6, 6.07) is 3.81. The summed E-state index contributed by atoms with van der Waals surface area (Å²) in [5.41, 5.74) is 2.92. The Labute approximate surface area is 144 Å². The molecule has 2 N–H and O–H groups in total. The molecule has 1 aliphatic heterocycles. The average molecular weight is 337 g/mol. The van der Waals surface area contributed by atoms with Crippen LogP contribution >= 0.6 is 0 Å². The number of fused-ring (bicyclic) bond motifs is 1. The molecule has 0 bridgehead atoms. The number of aromatic amines is 1. The van der Waals surface area contributed by atoms with E-state index in [4.69, 9.17) is 0 Å². The number of carbonyl (C=O) groups excluding carboxylic acids is 1. The van der Waals surface area contributed by atoms with Crippen LogP contribution in [0.2, 0.25) is 0 Å². The number of aryl methyl sites for hydroxylation is 1. The number of carbonyl (C=O) groups is 1. The van der Waals surface area contributed by atoms with Crippen LogP contribution in [0.3, 0.4) is 0 Å². The monoisotopic (exact) mass is 337 g/mol. The Morgan fingerprint density at radius 3 is 2.96 bits per heavy atom. The minimum absolute atomic E-state index is 0.0183. The molecule has 0 aromatic carbocycles. The van der Waals surface area contributed by atoms with Gasteiger partial charge in [-0.15, -0.1) is 10.2 Å². The largest absolute Gasteiger partial charge is 0.351 e. The molecule has 1 aliphatic rings. The third kappa shape index (κ3) is 2.90. The van der Waals surface area contributed by atoms with E-state index in [0.29, 0.717) is 6.54 Å². The summed E-state index contributed by atoms with van der Waals surface area (Å²) < 4.78 is 2.05. The number of nitrogens with zero attached hydrogens (tertiary/aromatic N) is 5. The number of pyridine rings is 1. The second-order valence-corrected chi connectivity index (χ2v) is 6.20. The van der Waals surface area contributed by atoms with Crippen molar-refractivity contribution >= 4 is 5.91 Å². The third-order valence-corrected chi connectivity index (χ3v) is 4.61. The Bertz CT molecular complexity index is 884. The fourth-order valence-electron chi connectivity index (χ4n) is 3.20. The summed E-state index contributed by atoms with van der Waals surface area (Å²) in [4.78, 5) is 16.7. The van der Waals surface area contributed by atoms with Gasteiger partial charge in [-0.25, -0.2) is 0 Å². The van der Waals surface area contributed by atoms with Gasteiger partial charge in [0.1, 0.15) is 5.82 Å². The molecule has 3 aromatic rings. The topological polar surface area (TPSA) is 101 Å². The van der Waals surface area contributed by atoms with E-state index in [0.717, 1.165) is 47.9 Å². The predicted octanol–water partition coefficient (Wildman–Crippen LogP) is 1.57. The summed E-state index contributed by atoms with van der Waals surface area (Å²) >= 11 is 0. The van der Waals surface area contributed by atoms with E-state index in [1.54, 1.807) is 18.6 Å². The van der Waals surface area contributed by atoms with Gasteiger partial charge in [-0.05, 0) is 31.9 Å². The number of hydrogen-bond donors (Lipinski definition) is 2. The third-order valence-electron chi connectivity index (χ3n) is 4.61. The van der Waals surface area contributed by atoms with E-state index in [1.807, 2.05) is 23.6 Å². The van der Waals surface area contributed by atoms with Gasteiger partial charge in [0.25, 0.3) is 0 Å². The summed E-state index contributed by atoms with van der Waals surface area (Å²) in [7, 11) is 0. The fourth-order valence-corrected chi connectivity index (χ4v) is 3.20. The van der Waals surface area contributed by atoms with Crippen molar-refractivity contribution in [3.05, 3.63) is 47.8 Å². The van der Waals surface area contributed by atoms with Crippen molar-refractivity contribution in [1.82, 2.24) is 35.3 Å². The van der Waals surface area contributed by atoms with E-state index in [1.165, 1.54) is 0 Å². The number of H-pyrrole nitrogens is 1. The highest BCUT2D eigenvalue weighted by Crippen LogP contribution is 2.30. The van der Waals surface area contributed by atoms with Crippen LogP contribution < -0.4 is 5.32 Å². The quantitative estimate of drug-likeness (QED) is 0.752. The summed E-state index contributed by atoms with van der Waals surface area (Å²) in [6.45, 7) is 3.22. The van der Waals surface area contributed by atoms with Gasteiger partial charge in [0.05, 0.1) is 12.1 Å². The maximum atomic E-state index is 12.7. The Kier molecular flexibility index (Phi) is 4.01. The van der Waals surface area contributed by atoms with Gasteiger partial charge < -0.3 is 9.88 Å². The maximum absolute atomic E-state index is 12.7. The molecule has 0 fully saturated rings. The molecule has 0 spiro atoms. The average Bonchev–Trinajstić information content (AvgIpc) is 3.26. The molecule has 25 heavy (non-hydrogen) atoms. The SMILES string of the molecule is Cc1[nH]ncc1CNC(=O)C1CCCn2c(-c3ccncc3)nnc21. The van der Waals surface area contributed by atoms with Gasteiger partial charge in [-0.3, -0.25) is 14.9 Å². The molecule has 8 nitrogen and oxygen atoms in total. The molecule has 1 unspecified atom stereocenters. The lowest BCUT2D eigenvalue weighted by Gasteiger charge is -2.23. The zero-order valence-electron chi connectivity index (χ0n) is 13.9. The first-order valence-electron chi connectivity index (χ1n) is 8.34. The number of hydrogen-bond acceptors (Lipinski definition) is 5. The molecule has 0 radical (unpaired) electrons. The lowest BCUT2D eigenvalue weighted by Crippen LogP contribution is -2.33. The minimum Gasteiger partial charge on any atom is -0.351 e.